The van der Waals surface area contributed by atoms with Crippen molar-refractivity contribution in [3.8, 4) is 0 Å². The molecule has 1 aromatic rings. The highest BCUT2D eigenvalue weighted by Crippen LogP contribution is 2.26. The molecule has 1 aliphatic rings. The lowest BCUT2D eigenvalue weighted by molar-refractivity contribution is 0.0651. The highest BCUT2D eigenvalue weighted by atomic mass is 79.9. The highest BCUT2D eigenvalue weighted by Gasteiger charge is 2.26. The zero-order valence-electron chi connectivity index (χ0n) is 8.61. The summed E-state index contributed by atoms with van der Waals surface area (Å²) < 4.78 is 0.765. The molecule has 1 aromatic heterocycles. The van der Waals surface area contributed by atoms with Crippen molar-refractivity contribution in [1.29, 1.82) is 0 Å². The fourth-order valence-electron chi connectivity index (χ4n) is 1.68. The molecule has 1 fully saturated rings. The van der Waals surface area contributed by atoms with Gasteiger partial charge >= 0.3 is 0 Å². The Morgan fingerprint density at radius 3 is 2.87 bits per heavy atom. The third kappa shape index (κ3) is 2.04. The Kier molecular flexibility index (Phi) is 3.05. The number of carbonyl (C=O) groups excluding carboxylic acids is 1. The summed E-state index contributed by atoms with van der Waals surface area (Å²) in [5, 5.41) is 0. The van der Waals surface area contributed by atoms with Gasteiger partial charge in [0, 0.05) is 30.0 Å². The zero-order chi connectivity index (χ0) is 10.8. The van der Waals surface area contributed by atoms with Gasteiger partial charge in [0.15, 0.2) is 0 Å². The van der Waals surface area contributed by atoms with E-state index in [4.69, 9.17) is 0 Å². The number of rotatable bonds is 2. The second kappa shape index (κ2) is 4.31. The molecule has 15 heavy (non-hydrogen) atoms. The van der Waals surface area contributed by atoms with E-state index in [-0.39, 0.29) is 5.91 Å². The number of pyridine rings is 1. The van der Waals surface area contributed by atoms with Gasteiger partial charge in [-0.2, -0.15) is 0 Å². The molecule has 1 saturated carbocycles. The Morgan fingerprint density at radius 2 is 2.33 bits per heavy atom. The number of aromatic nitrogens is 1. The molecule has 0 radical (unpaired) electrons. The lowest BCUT2D eigenvalue weighted by atomic mass is 9.91. The molecule has 80 valence electrons. The summed E-state index contributed by atoms with van der Waals surface area (Å²) in [5.74, 6) is 0.0778. The Labute approximate surface area is 97.6 Å². The number of carbonyl (C=O) groups is 1. The number of amides is 1. The molecular weight excluding hydrogens is 256 g/mol. The smallest absolute Gasteiger partial charge is 0.255 e. The Balaban J connectivity index is 2.16. The van der Waals surface area contributed by atoms with Gasteiger partial charge in [-0.3, -0.25) is 9.78 Å². The normalized spacial score (nSPS) is 15.9. The molecule has 0 aromatic carbocycles. The van der Waals surface area contributed by atoms with Crippen LogP contribution in [0.5, 0.6) is 0 Å². The van der Waals surface area contributed by atoms with Crippen molar-refractivity contribution in [1.82, 2.24) is 9.88 Å². The largest absolute Gasteiger partial charge is 0.339 e. The Bertz CT molecular complexity index is 377. The first-order chi connectivity index (χ1) is 7.20. The van der Waals surface area contributed by atoms with Gasteiger partial charge in [0.2, 0.25) is 0 Å². The van der Waals surface area contributed by atoms with E-state index in [0.29, 0.717) is 11.6 Å². The van der Waals surface area contributed by atoms with Gasteiger partial charge in [-0.15, -0.1) is 0 Å². The summed E-state index contributed by atoms with van der Waals surface area (Å²) in [4.78, 5) is 17.9. The molecule has 0 aliphatic heterocycles. The van der Waals surface area contributed by atoms with E-state index in [1.807, 2.05) is 11.9 Å². The lowest BCUT2D eigenvalue weighted by Crippen LogP contribution is -2.41. The molecule has 3 nitrogen and oxygen atoms in total. The minimum Gasteiger partial charge on any atom is -0.339 e. The number of nitrogens with zero attached hydrogens (tertiary/aromatic N) is 2. The predicted octanol–water partition coefficient (Wildman–Crippen LogP) is 2.47. The van der Waals surface area contributed by atoms with Crippen LogP contribution >= 0.6 is 15.9 Å². The van der Waals surface area contributed by atoms with E-state index in [0.717, 1.165) is 17.3 Å². The third-order valence-electron chi connectivity index (χ3n) is 2.95. The SMILES string of the molecule is CN(C(=O)c1ccncc1Br)C1CCC1. The first-order valence-electron chi connectivity index (χ1n) is 5.07. The van der Waals surface area contributed by atoms with Crippen molar-refractivity contribution in [2.75, 3.05) is 7.05 Å². The van der Waals surface area contributed by atoms with Crippen molar-refractivity contribution in [2.24, 2.45) is 0 Å². The fourth-order valence-corrected chi connectivity index (χ4v) is 2.10. The second-order valence-corrected chi connectivity index (χ2v) is 4.71. The molecule has 1 heterocycles. The van der Waals surface area contributed by atoms with Gasteiger partial charge in [-0.25, -0.2) is 0 Å². The van der Waals surface area contributed by atoms with Crippen LogP contribution in [0.2, 0.25) is 0 Å². The van der Waals surface area contributed by atoms with Gasteiger partial charge in [0.25, 0.3) is 5.91 Å². The number of halogens is 1. The molecule has 1 aliphatic carbocycles. The molecule has 0 unspecified atom stereocenters. The van der Waals surface area contributed by atoms with E-state index in [9.17, 15) is 4.79 Å². The Morgan fingerprint density at radius 1 is 1.60 bits per heavy atom. The standard InChI is InChI=1S/C11H13BrN2O/c1-14(8-3-2-4-8)11(15)9-5-6-13-7-10(9)12/h5-8H,2-4H2,1H3. The van der Waals surface area contributed by atoms with Crippen LogP contribution in [-0.2, 0) is 0 Å². The Hall–Kier alpha value is -0.900. The van der Waals surface area contributed by atoms with Gasteiger partial charge in [-0.05, 0) is 41.3 Å². The molecule has 1 amide bonds. The maximum Gasteiger partial charge on any atom is 0.255 e. The summed E-state index contributed by atoms with van der Waals surface area (Å²) in [7, 11) is 1.87. The predicted molar refractivity (Wildman–Crippen MR) is 61.7 cm³/mol. The molecule has 0 spiro atoms. The van der Waals surface area contributed by atoms with Crippen LogP contribution in [0.1, 0.15) is 29.6 Å². The molecule has 2 rings (SSSR count). The van der Waals surface area contributed by atoms with Crippen LogP contribution in [-0.4, -0.2) is 28.9 Å². The molecule has 0 bridgehead atoms. The molecule has 0 saturated heterocycles. The van der Waals surface area contributed by atoms with E-state index >= 15 is 0 Å². The van der Waals surface area contributed by atoms with Crippen molar-refractivity contribution in [3.63, 3.8) is 0 Å². The first kappa shape index (κ1) is 10.6. The first-order valence-corrected chi connectivity index (χ1v) is 5.86. The minimum atomic E-state index is 0.0778. The van der Waals surface area contributed by atoms with Crippen molar-refractivity contribution >= 4 is 21.8 Å². The van der Waals surface area contributed by atoms with Gasteiger partial charge in [0.1, 0.15) is 0 Å². The van der Waals surface area contributed by atoms with E-state index < -0.39 is 0 Å². The van der Waals surface area contributed by atoms with Crippen LogP contribution in [0.4, 0.5) is 0 Å². The van der Waals surface area contributed by atoms with Gasteiger partial charge in [-0.1, -0.05) is 0 Å². The maximum atomic E-state index is 12.1. The highest BCUT2D eigenvalue weighted by molar-refractivity contribution is 9.10. The maximum absolute atomic E-state index is 12.1. The van der Waals surface area contributed by atoms with Crippen LogP contribution in [0.15, 0.2) is 22.9 Å². The van der Waals surface area contributed by atoms with Crippen LogP contribution in [0.25, 0.3) is 0 Å². The monoisotopic (exact) mass is 268 g/mol. The summed E-state index contributed by atoms with van der Waals surface area (Å²) in [6.45, 7) is 0. The van der Waals surface area contributed by atoms with E-state index in [1.165, 1.54) is 6.42 Å². The van der Waals surface area contributed by atoms with Crippen molar-refractivity contribution in [2.45, 2.75) is 25.3 Å². The van der Waals surface area contributed by atoms with E-state index in [2.05, 4.69) is 20.9 Å². The molecule has 4 heteroatoms. The summed E-state index contributed by atoms with van der Waals surface area (Å²) in [5.41, 5.74) is 0.694. The topological polar surface area (TPSA) is 33.2 Å². The van der Waals surface area contributed by atoms with Gasteiger partial charge in [0.05, 0.1) is 5.56 Å². The fraction of sp³-hybridized carbons (Fsp3) is 0.455. The number of hydrogen-bond acceptors (Lipinski definition) is 2. The van der Waals surface area contributed by atoms with Crippen molar-refractivity contribution < 1.29 is 4.79 Å². The summed E-state index contributed by atoms with van der Waals surface area (Å²) >= 11 is 3.34. The van der Waals surface area contributed by atoms with Crippen LogP contribution in [0.3, 0.4) is 0 Å². The van der Waals surface area contributed by atoms with E-state index in [1.54, 1.807) is 18.5 Å². The average molecular weight is 269 g/mol. The summed E-state index contributed by atoms with van der Waals surface area (Å²) in [6, 6.07) is 2.18. The molecular formula is C11H13BrN2O. The van der Waals surface area contributed by atoms with Crippen LogP contribution < -0.4 is 0 Å². The quantitative estimate of drug-likeness (QED) is 0.826. The van der Waals surface area contributed by atoms with Crippen molar-refractivity contribution in [3.05, 3.63) is 28.5 Å². The minimum absolute atomic E-state index is 0.0778. The lowest BCUT2D eigenvalue weighted by Gasteiger charge is -2.34. The van der Waals surface area contributed by atoms with Crippen LogP contribution in [0, 0.1) is 0 Å². The summed E-state index contributed by atoms with van der Waals surface area (Å²) in [6.07, 6.45) is 6.80. The number of hydrogen-bond donors (Lipinski definition) is 0. The molecule has 0 N–H and O–H groups in total. The average Bonchev–Trinajstić information content (AvgIpc) is 2.15. The van der Waals surface area contributed by atoms with Gasteiger partial charge < -0.3 is 4.90 Å². The third-order valence-corrected chi connectivity index (χ3v) is 3.58. The zero-order valence-corrected chi connectivity index (χ0v) is 10.2. The molecule has 0 atom stereocenters. The second-order valence-electron chi connectivity index (χ2n) is 3.86.